The van der Waals surface area contributed by atoms with E-state index in [4.69, 9.17) is 14.6 Å². The highest BCUT2D eigenvalue weighted by Crippen LogP contribution is 2.20. The van der Waals surface area contributed by atoms with E-state index in [2.05, 4.69) is 0 Å². The molecule has 0 radical (unpaired) electrons. The minimum Gasteiger partial charge on any atom is -0.497 e. The lowest BCUT2D eigenvalue weighted by Gasteiger charge is -2.02. The number of aromatic nitrogens is 1. The highest BCUT2D eigenvalue weighted by molar-refractivity contribution is 5.79. The van der Waals surface area contributed by atoms with E-state index >= 15 is 0 Å². The quantitative estimate of drug-likeness (QED) is 0.712. The predicted octanol–water partition coefficient (Wildman–Crippen LogP) is 2.20. The van der Waals surface area contributed by atoms with Crippen LogP contribution in [-0.4, -0.2) is 7.11 Å². The molecule has 0 unspecified atom stereocenters. The van der Waals surface area contributed by atoms with Gasteiger partial charge in [0.25, 0.3) is 11.2 Å². The molecule has 0 amide bonds. The zero-order chi connectivity index (χ0) is 13.2. The molecule has 0 aliphatic rings. The Morgan fingerprint density at radius 3 is 2.63 bits per heavy atom. The summed E-state index contributed by atoms with van der Waals surface area (Å²) in [5, 5.41) is 8.87. The third kappa shape index (κ3) is 2.08. The lowest BCUT2D eigenvalue weighted by atomic mass is 10.2. The van der Waals surface area contributed by atoms with E-state index in [1.165, 1.54) is 0 Å². The Labute approximate surface area is 110 Å². The first-order valence-corrected chi connectivity index (χ1v) is 5.91. The molecule has 3 rings (SSSR count). The molecule has 4 heteroatoms. The van der Waals surface area contributed by atoms with E-state index in [1.54, 1.807) is 7.11 Å². The van der Waals surface area contributed by atoms with Gasteiger partial charge in [0.05, 0.1) is 7.11 Å². The molecule has 0 fully saturated rings. The Balaban J connectivity index is 2.26. The van der Waals surface area contributed by atoms with Crippen molar-refractivity contribution in [1.82, 2.24) is 0 Å². The number of hydrogen-bond donors (Lipinski definition) is 1. The molecule has 4 nitrogen and oxygen atoms in total. The smallest absolute Gasteiger partial charge is 0.286 e. The summed E-state index contributed by atoms with van der Waals surface area (Å²) in [5.74, 6) is 0.768. The van der Waals surface area contributed by atoms with E-state index in [1.807, 2.05) is 59.4 Å². The minimum absolute atomic E-state index is 0.133. The molecule has 19 heavy (non-hydrogen) atoms. The summed E-state index contributed by atoms with van der Waals surface area (Å²) in [5.41, 5.74) is 1.50. The second-order valence-corrected chi connectivity index (χ2v) is 4.15. The number of pyridine rings is 1. The fourth-order valence-electron chi connectivity index (χ4n) is 1.99. The first-order valence-electron chi connectivity index (χ1n) is 5.91. The molecule has 0 atom stereocenters. The summed E-state index contributed by atoms with van der Waals surface area (Å²) < 4.78 is 12.6. The molecule has 94 valence electrons. The van der Waals surface area contributed by atoms with Gasteiger partial charge in [0.15, 0.2) is 12.4 Å². The summed E-state index contributed by atoms with van der Waals surface area (Å²) in [6, 6.07) is 13.2. The van der Waals surface area contributed by atoms with Crippen molar-refractivity contribution in [1.29, 1.82) is 5.41 Å². The maximum absolute atomic E-state index is 7.97. The van der Waals surface area contributed by atoms with Crippen molar-refractivity contribution in [2.45, 2.75) is 0 Å². The van der Waals surface area contributed by atoms with Gasteiger partial charge in [-0.1, -0.05) is 6.07 Å². The van der Waals surface area contributed by atoms with Gasteiger partial charge in [-0.05, 0) is 18.2 Å². The van der Waals surface area contributed by atoms with E-state index in [0.717, 1.165) is 11.1 Å². The van der Waals surface area contributed by atoms with Crippen LogP contribution in [0.15, 0.2) is 59.3 Å². The zero-order valence-corrected chi connectivity index (χ0v) is 10.5. The number of benzene rings is 1. The predicted molar refractivity (Wildman–Crippen MR) is 70.2 cm³/mol. The van der Waals surface area contributed by atoms with Crippen molar-refractivity contribution >= 4 is 11.0 Å². The third-order valence-electron chi connectivity index (χ3n) is 2.95. The van der Waals surface area contributed by atoms with Crippen molar-refractivity contribution in [3.05, 3.63) is 60.4 Å². The first-order chi connectivity index (χ1) is 9.28. The largest absolute Gasteiger partial charge is 0.497 e. The molecule has 0 bridgehead atoms. The number of methoxy groups -OCH3 is 1. The summed E-state index contributed by atoms with van der Waals surface area (Å²) >= 11 is 0. The van der Waals surface area contributed by atoms with Crippen LogP contribution in [0.5, 0.6) is 5.75 Å². The number of nitrogens with one attached hydrogen (secondary N) is 1. The van der Waals surface area contributed by atoms with Crippen LogP contribution in [0, 0.1) is 5.41 Å². The molecule has 0 spiro atoms. The van der Waals surface area contributed by atoms with Gasteiger partial charge in [0, 0.05) is 23.6 Å². The summed E-state index contributed by atoms with van der Waals surface area (Å²) in [6.45, 7) is 0. The Hall–Kier alpha value is -2.62. The van der Waals surface area contributed by atoms with E-state index < -0.39 is 0 Å². The van der Waals surface area contributed by atoms with Gasteiger partial charge >= 0.3 is 0 Å². The summed E-state index contributed by atoms with van der Waals surface area (Å²) in [4.78, 5) is 0. The second kappa shape index (κ2) is 4.57. The topological polar surface area (TPSA) is 50.1 Å². The van der Waals surface area contributed by atoms with Gasteiger partial charge in [-0.15, -0.1) is 0 Å². The molecule has 0 saturated carbocycles. The fraction of sp³-hybridized carbons (Fsp3) is 0.0667. The minimum atomic E-state index is 0.133. The van der Waals surface area contributed by atoms with Crippen molar-refractivity contribution in [2.24, 2.45) is 0 Å². The van der Waals surface area contributed by atoms with Crippen LogP contribution in [-0.2, 0) is 0 Å². The molecule has 2 heterocycles. The van der Waals surface area contributed by atoms with Crippen LogP contribution < -0.4 is 14.9 Å². The van der Waals surface area contributed by atoms with Gasteiger partial charge in [-0.25, -0.2) is 0 Å². The maximum Gasteiger partial charge on any atom is 0.286 e. The molecule has 1 aromatic carbocycles. The molecule has 0 saturated heterocycles. The fourth-order valence-corrected chi connectivity index (χ4v) is 1.99. The average Bonchev–Trinajstić information content (AvgIpc) is 2.47. The Bertz CT molecular complexity index is 779. The SMILES string of the molecule is COc1ccc2oc(=N)c(-[n+]3ccccc3)cc2c1. The van der Waals surface area contributed by atoms with Crippen LogP contribution in [0.3, 0.4) is 0 Å². The number of fused-ring (bicyclic) bond motifs is 1. The monoisotopic (exact) mass is 253 g/mol. The number of ether oxygens (including phenoxy) is 1. The average molecular weight is 253 g/mol. The molecular formula is C15H13N2O2+. The van der Waals surface area contributed by atoms with Crippen molar-refractivity contribution in [2.75, 3.05) is 7.11 Å². The molecule has 1 N–H and O–H groups in total. The van der Waals surface area contributed by atoms with Crippen molar-refractivity contribution in [3.8, 4) is 11.4 Å². The lowest BCUT2D eigenvalue weighted by molar-refractivity contribution is -0.597. The number of hydrogen-bond acceptors (Lipinski definition) is 3. The zero-order valence-electron chi connectivity index (χ0n) is 10.5. The Morgan fingerprint density at radius 1 is 1.11 bits per heavy atom. The Morgan fingerprint density at radius 2 is 1.89 bits per heavy atom. The first kappa shape index (κ1) is 11.5. The van der Waals surface area contributed by atoms with Crippen LogP contribution in [0.2, 0.25) is 0 Å². The highest BCUT2D eigenvalue weighted by atomic mass is 16.5. The van der Waals surface area contributed by atoms with Crippen molar-refractivity contribution < 1.29 is 13.7 Å². The van der Waals surface area contributed by atoms with Crippen LogP contribution in [0.25, 0.3) is 16.7 Å². The van der Waals surface area contributed by atoms with E-state index in [9.17, 15) is 0 Å². The van der Waals surface area contributed by atoms with E-state index in [-0.39, 0.29) is 5.55 Å². The van der Waals surface area contributed by atoms with Gasteiger partial charge in [0.2, 0.25) is 0 Å². The molecular weight excluding hydrogens is 240 g/mol. The van der Waals surface area contributed by atoms with Gasteiger partial charge in [0.1, 0.15) is 11.3 Å². The maximum atomic E-state index is 7.97. The second-order valence-electron chi connectivity index (χ2n) is 4.15. The third-order valence-corrected chi connectivity index (χ3v) is 2.95. The van der Waals surface area contributed by atoms with Gasteiger partial charge in [-0.3, -0.25) is 5.41 Å². The molecule has 2 aromatic heterocycles. The van der Waals surface area contributed by atoms with Crippen molar-refractivity contribution in [3.63, 3.8) is 0 Å². The summed E-state index contributed by atoms with van der Waals surface area (Å²) in [7, 11) is 1.63. The normalized spacial score (nSPS) is 10.6. The van der Waals surface area contributed by atoms with Crippen LogP contribution >= 0.6 is 0 Å². The number of rotatable bonds is 2. The van der Waals surface area contributed by atoms with E-state index in [0.29, 0.717) is 11.3 Å². The lowest BCUT2D eigenvalue weighted by Crippen LogP contribution is -2.35. The van der Waals surface area contributed by atoms with Gasteiger partial charge < -0.3 is 9.15 Å². The summed E-state index contributed by atoms with van der Waals surface area (Å²) in [6.07, 6.45) is 3.77. The van der Waals surface area contributed by atoms with Crippen LogP contribution in [0.1, 0.15) is 0 Å². The van der Waals surface area contributed by atoms with Crippen LogP contribution in [0.4, 0.5) is 0 Å². The molecule has 0 aliphatic carbocycles. The molecule has 3 aromatic rings. The standard InChI is InChI=1S/C15H13N2O2/c1-18-12-5-6-14-11(9-12)10-13(15(16)19-14)17-7-3-2-4-8-17/h2-10,16H,1H3/q+1. The number of nitrogens with zero attached hydrogens (tertiary/aromatic N) is 1. The van der Waals surface area contributed by atoms with Gasteiger partial charge in [-0.2, -0.15) is 4.57 Å². The highest BCUT2D eigenvalue weighted by Gasteiger charge is 2.11. The molecule has 0 aliphatic heterocycles. The Kier molecular flexibility index (Phi) is 2.76.